The Morgan fingerprint density at radius 3 is 2.89 bits per heavy atom. The van der Waals surface area contributed by atoms with Gasteiger partial charge in [0.2, 0.25) is 0 Å². The molecule has 0 aromatic rings. The summed E-state index contributed by atoms with van der Waals surface area (Å²) < 4.78 is 4.84. The maximum Gasteiger partial charge on any atom is 0.322 e. The van der Waals surface area contributed by atoms with Gasteiger partial charge in [-0.1, -0.05) is 19.8 Å². The number of likely N-dealkylation sites (tertiary alicyclic amines) is 1. The summed E-state index contributed by atoms with van der Waals surface area (Å²) in [6, 6.07) is 0.489. The Hall–Kier alpha value is -0.610. The quantitative estimate of drug-likeness (QED) is 0.736. The Kier molecular flexibility index (Phi) is 7.28. The highest BCUT2D eigenvalue weighted by Crippen LogP contribution is 2.16. The average Bonchev–Trinajstić information content (AvgIpc) is 2.58. The average molecular weight is 256 g/mol. The van der Waals surface area contributed by atoms with Gasteiger partial charge in [-0.3, -0.25) is 4.79 Å². The molecule has 0 amide bonds. The molecule has 106 valence electrons. The molecule has 0 radical (unpaired) electrons. The molecule has 18 heavy (non-hydrogen) atoms. The van der Waals surface area contributed by atoms with Crippen molar-refractivity contribution in [1.29, 1.82) is 0 Å². The molecule has 0 spiro atoms. The van der Waals surface area contributed by atoms with Gasteiger partial charge in [-0.25, -0.2) is 0 Å². The van der Waals surface area contributed by atoms with Gasteiger partial charge >= 0.3 is 5.97 Å². The fraction of sp³-hybridized carbons (Fsp3) is 0.929. The Labute approximate surface area is 111 Å². The molecule has 1 saturated heterocycles. The number of ether oxygens (including phenoxy) is 1. The zero-order valence-electron chi connectivity index (χ0n) is 12.1. The summed E-state index contributed by atoms with van der Waals surface area (Å²) in [5, 5.41) is 3.20. The van der Waals surface area contributed by atoms with Crippen molar-refractivity contribution in [3.63, 3.8) is 0 Å². The molecule has 1 heterocycles. The summed E-state index contributed by atoms with van der Waals surface area (Å²) in [4.78, 5) is 14.1. The van der Waals surface area contributed by atoms with E-state index in [9.17, 15) is 4.79 Å². The van der Waals surface area contributed by atoms with E-state index in [2.05, 4.69) is 17.1 Å². The SMILES string of the molecule is CCNC(CCN1CCCCCC1C)C(=O)OC. The molecular weight excluding hydrogens is 228 g/mol. The monoisotopic (exact) mass is 256 g/mol. The van der Waals surface area contributed by atoms with Crippen molar-refractivity contribution in [3.8, 4) is 0 Å². The molecule has 4 nitrogen and oxygen atoms in total. The maximum absolute atomic E-state index is 11.6. The van der Waals surface area contributed by atoms with E-state index in [1.165, 1.54) is 39.3 Å². The lowest BCUT2D eigenvalue weighted by molar-refractivity contribution is -0.143. The molecule has 2 atom stereocenters. The lowest BCUT2D eigenvalue weighted by Gasteiger charge is -2.28. The van der Waals surface area contributed by atoms with Crippen LogP contribution in [0.25, 0.3) is 0 Å². The van der Waals surface area contributed by atoms with Gasteiger partial charge in [0.25, 0.3) is 0 Å². The largest absolute Gasteiger partial charge is 0.468 e. The zero-order valence-corrected chi connectivity index (χ0v) is 12.1. The smallest absolute Gasteiger partial charge is 0.322 e. The standard InChI is InChI=1S/C14H28N2O2/c1-4-15-13(14(17)18-3)9-11-16-10-7-5-6-8-12(16)2/h12-13,15H,4-11H2,1-3H3. The minimum atomic E-state index is -0.157. The summed E-state index contributed by atoms with van der Waals surface area (Å²) in [6.07, 6.45) is 6.09. The second kappa shape index (κ2) is 8.48. The van der Waals surface area contributed by atoms with Crippen LogP contribution < -0.4 is 5.32 Å². The number of hydrogen-bond donors (Lipinski definition) is 1. The van der Waals surface area contributed by atoms with Gasteiger partial charge in [0.15, 0.2) is 0 Å². The third-order valence-corrected chi connectivity index (χ3v) is 3.83. The van der Waals surface area contributed by atoms with Crippen LogP contribution in [-0.2, 0) is 9.53 Å². The first-order valence-electron chi connectivity index (χ1n) is 7.24. The van der Waals surface area contributed by atoms with Gasteiger partial charge in [-0.05, 0) is 39.3 Å². The molecule has 0 aromatic carbocycles. The van der Waals surface area contributed by atoms with Crippen LogP contribution >= 0.6 is 0 Å². The van der Waals surface area contributed by atoms with Gasteiger partial charge in [0, 0.05) is 12.6 Å². The summed E-state index contributed by atoms with van der Waals surface area (Å²) in [5.74, 6) is -0.140. The third-order valence-electron chi connectivity index (χ3n) is 3.83. The van der Waals surface area contributed by atoms with Crippen LogP contribution in [0.5, 0.6) is 0 Å². The minimum absolute atomic E-state index is 0.140. The third kappa shape index (κ3) is 4.94. The molecule has 4 heteroatoms. The van der Waals surface area contributed by atoms with Gasteiger partial charge in [0.05, 0.1) is 7.11 Å². The van der Waals surface area contributed by atoms with Crippen molar-refractivity contribution >= 4 is 5.97 Å². The highest BCUT2D eigenvalue weighted by atomic mass is 16.5. The number of carbonyl (C=O) groups excluding carboxylic acids is 1. The van der Waals surface area contributed by atoms with E-state index in [-0.39, 0.29) is 12.0 Å². The predicted molar refractivity (Wildman–Crippen MR) is 73.6 cm³/mol. The minimum Gasteiger partial charge on any atom is -0.468 e. The van der Waals surface area contributed by atoms with Crippen molar-refractivity contribution in [2.75, 3.05) is 26.7 Å². The molecule has 1 fully saturated rings. The van der Waals surface area contributed by atoms with E-state index in [0.29, 0.717) is 6.04 Å². The van der Waals surface area contributed by atoms with Crippen LogP contribution in [0, 0.1) is 0 Å². The van der Waals surface area contributed by atoms with Crippen LogP contribution in [0.2, 0.25) is 0 Å². The number of esters is 1. The van der Waals surface area contributed by atoms with Crippen molar-refractivity contribution in [2.45, 2.75) is 58.0 Å². The number of likely N-dealkylation sites (N-methyl/N-ethyl adjacent to an activating group) is 1. The van der Waals surface area contributed by atoms with Crippen LogP contribution in [0.1, 0.15) is 46.0 Å². The van der Waals surface area contributed by atoms with E-state index in [1.807, 2.05) is 6.92 Å². The number of methoxy groups -OCH3 is 1. The first-order chi connectivity index (χ1) is 8.69. The van der Waals surface area contributed by atoms with Crippen LogP contribution in [0.4, 0.5) is 0 Å². The first kappa shape index (κ1) is 15.4. The summed E-state index contributed by atoms with van der Waals surface area (Å²) in [7, 11) is 1.46. The topological polar surface area (TPSA) is 41.6 Å². The maximum atomic E-state index is 11.6. The second-order valence-electron chi connectivity index (χ2n) is 5.16. The molecule has 0 aliphatic carbocycles. The van der Waals surface area contributed by atoms with Gasteiger partial charge < -0.3 is 15.0 Å². The first-order valence-corrected chi connectivity index (χ1v) is 7.24. The highest BCUT2D eigenvalue weighted by molar-refractivity contribution is 5.75. The van der Waals surface area contributed by atoms with Crippen LogP contribution in [0.3, 0.4) is 0 Å². The number of hydrogen-bond acceptors (Lipinski definition) is 4. The van der Waals surface area contributed by atoms with Gasteiger partial charge in [0.1, 0.15) is 6.04 Å². The molecule has 1 N–H and O–H groups in total. The Morgan fingerprint density at radius 1 is 1.44 bits per heavy atom. The van der Waals surface area contributed by atoms with Gasteiger partial charge in [-0.15, -0.1) is 0 Å². The number of carbonyl (C=O) groups is 1. The molecule has 2 unspecified atom stereocenters. The Bertz CT molecular complexity index is 246. The predicted octanol–water partition coefficient (Wildman–Crippen LogP) is 1.79. The summed E-state index contributed by atoms with van der Waals surface area (Å²) >= 11 is 0. The fourth-order valence-corrected chi connectivity index (χ4v) is 2.65. The zero-order chi connectivity index (χ0) is 13.4. The van der Waals surface area contributed by atoms with E-state index < -0.39 is 0 Å². The normalized spacial score (nSPS) is 23.4. The van der Waals surface area contributed by atoms with E-state index in [4.69, 9.17) is 4.74 Å². The lowest BCUT2D eigenvalue weighted by Crippen LogP contribution is -2.42. The van der Waals surface area contributed by atoms with Crippen molar-refractivity contribution in [2.24, 2.45) is 0 Å². The van der Waals surface area contributed by atoms with Crippen molar-refractivity contribution < 1.29 is 9.53 Å². The molecule has 0 bridgehead atoms. The van der Waals surface area contributed by atoms with E-state index >= 15 is 0 Å². The molecule has 0 saturated carbocycles. The van der Waals surface area contributed by atoms with Gasteiger partial charge in [-0.2, -0.15) is 0 Å². The Morgan fingerprint density at radius 2 is 2.22 bits per heavy atom. The van der Waals surface area contributed by atoms with E-state index in [0.717, 1.165) is 19.5 Å². The van der Waals surface area contributed by atoms with Crippen LogP contribution in [0.15, 0.2) is 0 Å². The van der Waals surface area contributed by atoms with E-state index in [1.54, 1.807) is 0 Å². The molecule has 0 aromatic heterocycles. The Balaban J connectivity index is 2.41. The van der Waals surface area contributed by atoms with Crippen molar-refractivity contribution in [1.82, 2.24) is 10.2 Å². The summed E-state index contributed by atoms with van der Waals surface area (Å²) in [6.45, 7) is 7.26. The number of nitrogens with one attached hydrogen (secondary N) is 1. The highest BCUT2D eigenvalue weighted by Gasteiger charge is 2.21. The number of nitrogens with zero attached hydrogens (tertiary/aromatic N) is 1. The second-order valence-corrected chi connectivity index (χ2v) is 5.16. The fourth-order valence-electron chi connectivity index (χ4n) is 2.65. The molecular formula is C14H28N2O2. The van der Waals surface area contributed by atoms with Crippen molar-refractivity contribution in [3.05, 3.63) is 0 Å². The van der Waals surface area contributed by atoms with Crippen LogP contribution in [-0.4, -0.2) is 49.7 Å². The molecule has 1 aliphatic rings. The molecule has 1 rings (SSSR count). The lowest BCUT2D eigenvalue weighted by atomic mass is 10.1. The number of rotatable bonds is 6. The summed E-state index contributed by atoms with van der Waals surface area (Å²) in [5.41, 5.74) is 0. The molecule has 1 aliphatic heterocycles.